The number of carbonyl (C=O) groups excluding carboxylic acids is 2. The summed E-state index contributed by atoms with van der Waals surface area (Å²) in [4.78, 5) is 31.0. The lowest BCUT2D eigenvalue weighted by Crippen LogP contribution is -2.33. The monoisotopic (exact) mass is 804 g/mol. The maximum atomic E-state index is 13.3. The number of rotatable bonds is 48. The zero-order chi connectivity index (χ0) is 41.5. The Hall–Kier alpha value is -1.10. The minimum absolute atomic E-state index is 0.401. The Balaban J connectivity index is 4.28. The summed E-state index contributed by atoms with van der Waals surface area (Å²) in [6.45, 7) is 15.1. The summed E-state index contributed by atoms with van der Waals surface area (Å²) >= 11 is 0. The molecular formula is C52H105N3O2. The third-order valence-corrected chi connectivity index (χ3v) is 12.3. The summed E-state index contributed by atoms with van der Waals surface area (Å²) in [5, 5.41) is 3.64. The molecule has 0 rings (SSSR count). The van der Waals surface area contributed by atoms with Gasteiger partial charge in [0.1, 0.15) is 0 Å². The van der Waals surface area contributed by atoms with Gasteiger partial charge in [0, 0.05) is 39.0 Å². The molecule has 0 aromatic carbocycles. The number of unbranched alkanes of at least 4 members (excludes halogenated alkanes) is 32. The van der Waals surface area contributed by atoms with Crippen LogP contribution in [0.15, 0.2) is 0 Å². The van der Waals surface area contributed by atoms with E-state index in [1.807, 2.05) is 0 Å². The molecular weight excluding hydrogens is 699 g/mol. The summed E-state index contributed by atoms with van der Waals surface area (Å²) in [6, 6.07) is 0. The Bertz CT molecular complexity index is 700. The Kier molecular flexibility index (Phi) is 46.7. The van der Waals surface area contributed by atoms with E-state index in [0.29, 0.717) is 11.8 Å². The number of nitrogens with zero attached hydrogens (tertiary/aromatic N) is 2. The molecule has 5 heteroatoms. The van der Waals surface area contributed by atoms with Crippen molar-refractivity contribution in [3.05, 3.63) is 0 Å². The first-order valence-corrected chi connectivity index (χ1v) is 26.4. The molecule has 0 aliphatic rings. The molecule has 0 saturated heterocycles. The summed E-state index contributed by atoms with van der Waals surface area (Å²) in [7, 11) is 0. The second-order valence-electron chi connectivity index (χ2n) is 18.0. The lowest BCUT2D eigenvalue weighted by Gasteiger charge is -2.23. The highest BCUT2D eigenvalue weighted by atomic mass is 16.2. The lowest BCUT2D eigenvalue weighted by molar-refractivity contribution is -0.132. The van der Waals surface area contributed by atoms with Crippen LogP contribution in [0.1, 0.15) is 285 Å². The average Bonchev–Trinajstić information content (AvgIpc) is 3.21. The van der Waals surface area contributed by atoms with Crippen LogP contribution in [0, 0.1) is 0 Å². The Morgan fingerprint density at radius 3 is 0.737 bits per heavy atom. The van der Waals surface area contributed by atoms with Gasteiger partial charge in [0.25, 0.3) is 0 Å². The normalized spacial score (nSPS) is 11.4. The van der Waals surface area contributed by atoms with Crippen molar-refractivity contribution in [1.29, 1.82) is 0 Å². The predicted molar refractivity (Wildman–Crippen MR) is 253 cm³/mol. The fourth-order valence-corrected chi connectivity index (χ4v) is 8.32. The molecule has 0 heterocycles. The molecule has 0 aliphatic carbocycles. The van der Waals surface area contributed by atoms with Gasteiger partial charge in [-0.05, 0) is 64.5 Å². The van der Waals surface area contributed by atoms with Gasteiger partial charge in [0.2, 0.25) is 11.8 Å². The first-order chi connectivity index (χ1) is 28.1. The van der Waals surface area contributed by atoms with E-state index in [1.54, 1.807) is 0 Å². The van der Waals surface area contributed by atoms with E-state index in [1.165, 1.54) is 205 Å². The van der Waals surface area contributed by atoms with Gasteiger partial charge in [-0.3, -0.25) is 9.59 Å². The van der Waals surface area contributed by atoms with Crippen LogP contribution in [-0.4, -0.2) is 60.9 Å². The van der Waals surface area contributed by atoms with Crippen molar-refractivity contribution < 1.29 is 9.59 Å². The topological polar surface area (TPSA) is 52.7 Å². The molecule has 1 N–H and O–H groups in total. The second kappa shape index (κ2) is 47.6. The smallest absolute Gasteiger partial charge is 0.222 e. The van der Waals surface area contributed by atoms with Crippen molar-refractivity contribution in [3.8, 4) is 0 Å². The van der Waals surface area contributed by atoms with Crippen LogP contribution >= 0.6 is 0 Å². The molecule has 0 aromatic rings. The third-order valence-electron chi connectivity index (χ3n) is 12.3. The minimum Gasteiger partial charge on any atom is -0.343 e. The zero-order valence-corrected chi connectivity index (χ0v) is 39.7. The fraction of sp³-hybridized carbons (Fsp3) is 0.962. The molecule has 0 fully saturated rings. The molecule has 0 aliphatic heterocycles. The van der Waals surface area contributed by atoms with Gasteiger partial charge in [0.15, 0.2) is 0 Å². The highest BCUT2D eigenvalue weighted by Gasteiger charge is 2.14. The van der Waals surface area contributed by atoms with E-state index < -0.39 is 0 Å². The summed E-state index contributed by atoms with van der Waals surface area (Å²) < 4.78 is 0. The molecule has 0 unspecified atom stereocenters. The van der Waals surface area contributed by atoms with Crippen molar-refractivity contribution in [2.45, 2.75) is 285 Å². The first-order valence-electron chi connectivity index (χ1n) is 26.4. The van der Waals surface area contributed by atoms with Crippen LogP contribution in [0.5, 0.6) is 0 Å². The van der Waals surface area contributed by atoms with Gasteiger partial charge in [0.05, 0.1) is 0 Å². The molecule has 0 spiro atoms. The molecule has 0 bridgehead atoms. The Morgan fingerprint density at radius 2 is 0.491 bits per heavy atom. The lowest BCUT2D eigenvalue weighted by atomic mass is 10.1. The van der Waals surface area contributed by atoms with E-state index in [9.17, 15) is 9.59 Å². The average molecular weight is 804 g/mol. The van der Waals surface area contributed by atoms with Gasteiger partial charge in [-0.2, -0.15) is 0 Å². The molecule has 57 heavy (non-hydrogen) atoms. The van der Waals surface area contributed by atoms with E-state index in [-0.39, 0.29) is 0 Å². The quantitative estimate of drug-likeness (QED) is 0.0623. The fourth-order valence-electron chi connectivity index (χ4n) is 8.32. The van der Waals surface area contributed by atoms with Crippen LogP contribution in [0.3, 0.4) is 0 Å². The SMILES string of the molecule is CCCCCCCCCCN(CCCCCCCCCC)C(=O)CCCCCNCCCCCC(=O)N(CCCCCCCCCC)CCCCCCCCCC. The van der Waals surface area contributed by atoms with E-state index in [0.717, 1.165) is 90.6 Å². The molecule has 2 amide bonds. The van der Waals surface area contributed by atoms with Gasteiger partial charge in [-0.15, -0.1) is 0 Å². The van der Waals surface area contributed by atoms with Crippen molar-refractivity contribution in [2.75, 3.05) is 39.3 Å². The largest absolute Gasteiger partial charge is 0.343 e. The van der Waals surface area contributed by atoms with E-state index in [4.69, 9.17) is 0 Å². The van der Waals surface area contributed by atoms with Crippen molar-refractivity contribution >= 4 is 11.8 Å². The molecule has 0 saturated carbocycles. The van der Waals surface area contributed by atoms with Crippen molar-refractivity contribution in [1.82, 2.24) is 15.1 Å². The van der Waals surface area contributed by atoms with Gasteiger partial charge in [-0.25, -0.2) is 0 Å². The molecule has 0 radical (unpaired) electrons. The predicted octanol–water partition coefficient (Wildman–Crippen LogP) is 15.9. The van der Waals surface area contributed by atoms with Crippen molar-refractivity contribution in [3.63, 3.8) is 0 Å². The maximum absolute atomic E-state index is 13.3. The highest BCUT2D eigenvalue weighted by molar-refractivity contribution is 5.76. The van der Waals surface area contributed by atoms with E-state index >= 15 is 0 Å². The summed E-state index contributed by atoms with van der Waals surface area (Å²) in [5.41, 5.74) is 0. The number of amides is 2. The minimum atomic E-state index is 0.401. The molecule has 0 aromatic heterocycles. The summed E-state index contributed by atoms with van der Waals surface area (Å²) in [5.74, 6) is 0.801. The zero-order valence-electron chi connectivity index (χ0n) is 39.7. The van der Waals surface area contributed by atoms with Crippen LogP contribution in [0.25, 0.3) is 0 Å². The maximum Gasteiger partial charge on any atom is 0.222 e. The molecule has 5 nitrogen and oxygen atoms in total. The first kappa shape index (κ1) is 55.9. The van der Waals surface area contributed by atoms with Crippen molar-refractivity contribution in [2.24, 2.45) is 0 Å². The second-order valence-corrected chi connectivity index (χ2v) is 18.0. The van der Waals surface area contributed by atoms with Gasteiger partial charge < -0.3 is 15.1 Å². The standard InChI is InChI=1S/C52H105N3O2/c1-5-9-13-17-21-25-29-39-47-54(48-40-30-26-22-18-14-10-6-2)51(56)43-35-33-37-45-53-46-38-34-36-44-52(57)55(49-41-31-27-23-19-15-11-7-3)50-42-32-28-24-20-16-12-8-4/h53H,5-50H2,1-4H3. The van der Waals surface area contributed by atoms with E-state index in [2.05, 4.69) is 42.8 Å². The van der Waals surface area contributed by atoms with Crippen LogP contribution < -0.4 is 5.32 Å². The summed E-state index contributed by atoms with van der Waals surface area (Å²) in [6.07, 6.45) is 50.3. The Labute approximate surface area is 359 Å². The molecule has 340 valence electrons. The Morgan fingerprint density at radius 1 is 0.281 bits per heavy atom. The van der Waals surface area contributed by atoms with Gasteiger partial charge in [-0.1, -0.05) is 220 Å². The number of carbonyl (C=O) groups is 2. The van der Waals surface area contributed by atoms with Gasteiger partial charge >= 0.3 is 0 Å². The molecule has 0 atom stereocenters. The number of hydrogen-bond acceptors (Lipinski definition) is 3. The van der Waals surface area contributed by atoms with Crippen LogP contribution in [0.2, 0.25) is 0 Å². The van der Waals surface area contributed by atoms with Crippen LogP contribution in [-0.2, 0) is 9.59 Å². The number of nitrogens with one attached hydrogen (secondary N) is 1. The highest BCUT2D eigenvalue weighted by Crippen LogP contribution is 2.15. The third kappa shape index (κ3) is 41.4. The van der Waals surface area contributed by atoms with Crippen LogP contribution in [0.4, 0.5) is 0 Å². The number of hydrogen-bond donors (Lipinski definition) is 1.